The summed E-state index contributed by atoms with van der Waals surface area (Å²) >= 11 is 3.33. The minimum Gasteiger partial charge on any atom is -0.266 e. The topological polar surface area (TPSA) is 102 Å². The van der Waals surface area contributed by atoms with Crippen LogP contribution in [0.15, 0.2) is 70.4 Å². The first-order chi connectivity index (χ1) is 13.4. The van der Waals surface area contributed by atoms with Crippen LogP contribution in [0.3, 0.4) is 0 Å². The molecule has 3 aromatic rings. The SMILES string of the molecule is C/C(=N\NC(=O)c1nn(Cc2ccc([N+](=O)[O-])cc2)cc1Br)c1ccccc1. The molecule has 9 heteroatoms. The normalized spacial score (nSPS) is 11.3. The molecule has 0 unspecified atom stereocenters. The Morgan fingerprint density at radius 3 is 2.54 bits per heavy atom. The van der Waals surface area contributed by atoms with Crippen LogP contribution in [0.25, 0.3) is 0 Å². The van der Waals surface area contributed by atoms with Crippen LogP contribution < -0.4 is 5.43 Å². The maximum atomic E-state index is 12.4. The van der Waals surface area contributed by atoms with E-state index < -0.39 is 10.8 Å². The molecular formula is C19H16BrN5O3. The van der Waals surface area contributed by atoms with Gasteiger partial charge in [0.25, 0.3) is 11.6 Å². The third-order valence-corrected chi connectivity index (χ3v) is 4.52. The van der Waals surface area contributed by atoms with Crippen molar-refractivity contribution < 1.29 is 9.72 Å². The number of hydrogen-bond donors (Lipinski definition) is 1. The fourth-order valence-corrected chi connectivity index (χ4v) is 2.97. The van der Waals surface area contributed by atoms with Crippen LogP contribution >= 0.6 is 15.9 Å². The van der Waals surface area contributed by atoms with E-state index in [-0.39, 0.29) is 11.4 Å². The molecular weight excluding hydrogens is 426 g/mol. The Morgan fingerprint density at radius 1 is 1.21 bits per heavy atom. The van der Waals surface area contributed by atoms with Crippen molar-refractivity contribution in [3.63, 3.8) is 0 Å². The number of nitrogens with one attached hydrogen (secondary N) is 1. The van der Waals surface area contributed by atoms with Crippen LogP contribution in [0, 0.1) is 10.1 Å². The fraction of sp³-hybridized carbons (Fsp3) is 0.105. The van der Waals surface area contributed by atoms with Gasteiger partial charge in [-0.1, -0.05) is 42.5 Å². The number of nitro benzene ring substituents is 1. The molecule has 28 heavy (non-hydrogen) atoms. The molecule has 0 bridgehead atoms. The van der Waals surface area contributed by atoms with E-state index in [0.717, 1.165) is 11.1 Å². The van der Waals surface area contributed by atoms with E-state index >= 15 is 0 Å². The van der Waals surface area contributed by atoms with Gasteiger partial charge in [0.2, 0.25) is 0 Å². The number of aromatic nitrogens is 2. The average Bonchev–Trinajstić information content (AvgIpc) is 3.07. The number of amides is 1. The number of carbonyl (C=O) groups is 1. The number of halogens is 1. The van der Waals surface area contributed by atoms with E-state index in [4.69, 9.17) is 0 Å². The number of hydrogen-bond acceptors (Lipinski definition) is 5. The van der Waals surface area contributed by atoms with E-state index in [0.29, 0.717) is 16.7 Å². The largest absolute Gasteiger partial charge is 0.293 e. The van der Waals surface area contributed by atoms with Crippen molar-refractivity contribution in [2.24, 2.45) is 5.10 Å². The van der Waals surface area contributed by atoms with Crippen LogP contribution in [0.2, 0.25) is 0 Å². The summed E-state index contributed by atoms with van der Waals surface area (Å²) in [6.07, 6.45) is 1.67. The van der Waals surface area contributed by atoms with Gasteiger partial charge in [-0.15, -0.1) is 0 Å². The zero-order valence-electron chi connectivity index (χ0n) is 14.9. The molecule has 1 heterocycles. The predicted octanol–water partition coefficient (Wildman–Crippen LogP) is 3.76. The van der Waals surface area contributed by atoms with Crippen LogP contribution in [0.4, 0.5) is 5.69 Å². The lowest BCUT2D eigenvalue weighted by Gasteiger charge is -2.02. The summed E-state index contributed by atoms with van der Waals surface area (Å²) in [6.45, 7) is 2.17. The van der Waals surface area contributed by atoms with E-state index in [1.807, 2.05) is 30.3 Å². The highest BCUT2D eigenvalue weighted by Gasteiger charge is 2.15. The van der Waals surface area contributed by atoms with E-state index in [9.17, 15) is 14.9 Å². The van der Waals surface area contributed by atoms with Gasteiger partial charge >= 0.3 is 0 Å². The molecule has 0 fully saturated rings. The molecule has 0 radical (unpaired) electrons. The fourth-order valence-electron chi connectivity index (χ4n) is 2.47. The van der Waals surface area contributed by atoms with Crippen LogP contribution in [-0.2, 0) is 6.54 Å². The first kappa shape index (κ1) is 19.4. The number of carbonyl (C=O) groups excluding carboxylic acids is 1. The van der Waals surface area contributed by atoms with Crippen LogP contribution in [0.1, 0.15) is 28.5 Å². The summed E-state index contributed by atoms with van der Waals surface area (Å²) in [5.41, 5.74) is 5.14. The van der Waals surface area contributed by atoms with Crippen molar-refractivity contribution in [2.75, 3.05) is 0 Å². The van der Waals surface area contributed by atoms with Crippen LogP contribution in [0.5, 0.6) is 0 Å². The molecule has 3 rings (SSSR count). The lowest BCUT2D eigenvalue weighted by Crippen LogP contribution is -2.20. The average molecular weight is 442 g/mol. The molecule has 0 aliphatic rings. The smallest absolute Gasteiger partial charge is 0.266 e. The van der Waals surface area contributed by atoms with Gasteiger partial charge < -0.3 is 0 Å². The quantitative estimate of drug-likeness (QED) is 0.357. The molecule has 0 aliphatic carbocycles. The van der Waals surface area contributed by atoms with Crippen LogP contribution in [-0.4, -0.2) is 26.3 Å². The molecule has 1 aromatic heterocycles. The van der Waals surface area contributed by atoms with Crippen molar-refractivity contribution in [2.45, 2.75) is 13.5 Å². The maximum absolute atomic E-state index is 12.4. The Bertz CT molecular complexity index is 1030. The highest BCUT2D eigenvalue weighted by atomic mass is 79.9. The number of hydrazone groups is 1. The summed E-state index contributed by atoms with van der Waals surface area (Å²) in [5.74, 6) is -0.440. The van der Waals surface area contributed by atoms with Gasteiger partial charge in [0, 0.05) is 18.3 Å². The molecule has 142 valence electrons. The number of rotatable bonds is 6. The minimum atomic E-state index is -0.450. The Kier molecular flexibility index (Phi) is 5.95. The Balaban J connectivity index is 1.69. The second kappa shape index (κ2) is 8.57. The van der Waals surface area contributed by atoms with E-state index in [2.05, 4.69) is 31.6 Å². The minimum absolute atomic E-state index is 0.0251. The van der Waals surface area contributed by atoms with Gasteiger partial charge in [0.05, 0.1) is 21.7 Å². The summed E-state index contributed by atoms with van der Waals surface area (Å²) in [5, 5.41) is 19.1. The molecule has 1 amide bonds. The molecule has 0 saturated carbocycles. The molecule has 0 atom stereocenters. The van der Waals surface area contributed by atoms with Crippen molar-refractivity contribution in [1.29, 1.82) is 0 Å². The first-order valence-corrected chi connectivity index (χ1v) is 9.09. The highest BCUT2D eigenvalue weighted by molar-refractivity contribution is 9.10. The monoisotopic (exact) mass is 441 g/mol. The molecule has 8 nitrogen and oxygen atoms in total. The Morgan fingerprint density at radius 2 is 1.89 bits per heavy atom. The summed E-state index contributed by atoms with van der Waals surface area (Å²) < 4.78 is 2.10. The highest BCUT2D eigenvalue weighted by Crippen LogP contribution is 2.17. The van der Waals surface area contributed by atoms with Gasteiger partial charge in [-0.3, -0.25) is 19.6 Å². The zero-order chi connectivity index (χ0) is 20.1. The maximum Gasteiger partial charge on any atom is 0.293 e. The van der Waals surface area contributed by atoms with Gasteiger partial charge in [-0.05, 0) is 34.0 Å². The number of benzene rings is 2. The van der Waals surface area contributed by atoms with E-state index in [1.165, 1.54) is 12.1 Å². The van der Waals surface area contributed by atoms with Gasteiger partial charge in [0.1, 0.15) is 0 Å². The second-order valence-corrected chi connectivity index (χ2v) is 6.81. The molecule has 2 aromatic carbocycles. The molecule has 0 saturated heterocycles. The number of nitro groups is 1. The second-order valence-electron chi connectivity index (χ2n) is 5.95. The van der Waals surface area contributed by atoms with Crippen molar-refractivity contribution in [1.82, 2.24) is 15.2 Å². The summed E-state index contributed by atoms with van der Waals surface area (Å²) in [4.78, 5) is 22.7. The molecule has 0 aliphatic heterocycles. The standard InChI is InChI=1S/C19H16BrN5O3/c1-13(15-5-3-2-4-6-15)21-22-19(26)18-17(20)12-24(23-18)11-14-7-9-16(10-8-14)25(27)28/h2-10,12H,11H2,1H3,(H,22,26)/b21-13+. The summed E-state index contributed by atoms with van der Waals surface area (Å²) in [6, 6.07) is 15.7. The van der Waals surface area contributed by atoms with Crippen molar-refractivity contribution in [3.8, 4) is 0 Å². The zero-order valence-corrected chi connectivity index (χ0v) is 16.5. The van der Waals surface area contributed by atoms with Crippen molar-refractivity contribution >= 4 is 33.2 Å². The molecule has 1 N–H and O–H groups in total. The first-order valence-electron chi connectivity index (χ1n) is 8.30. The van der Waals surface area contributed by atoms with Crippen molar-refractivity contribution in [3.05, 3.63) is 92.2 Å². The van der Waals surface area contributed by atoms with Gasteiger partial charge in [-0.2, -0.15) is 10.2 Å². The Hall–Kier alpha value is -3.33. The number of nitrogens with zero attached hydrogens (tertiary/aromatic N) is 4. The predicted molar refractivity (Wildman–Crippen MR) is 108 cm³/mol. The van der Waals surface area contributed by atoms with Gasteiger partial charge in [-0.25, -0.2) is 5.43 Å². The lowest BCUT2D eigenvalue weighted by molar-refractivity contribution is -0.384. The third-order valence-electron chi connectivity index (χ3n) is 3.94. The Labute approximate surface area is 169 Å². The summed E-state index contributed by atoms with van der Waals surface area (Å²) in [7, 11) is 0. The third kappa shape index (κ3) is 4.68. The molecule has 0 spiro atoms. The number of non-ortho nitro benzene ring substituents is 1. The van der Waals surface area contributed by atoms with E-state index in [1.54, 1.807) is 29.9 Å². The lowest BCUT2D eigenvalue weighted by atomic mass is 10.1. The van der Waals surface area contributed by atoms with Gasteiger partial charge in [0.15, 0.2) is 5.69 Å².